The number of amides is 1. The Morgan fingerprint density at radius 1 is 1.15 bits per heavy atom. The number of carbonyl (C=O) groups excluding carboxylic acids is 1. The Hall–Kier alpha value is -2.26. The minimum Gasteiger partial charge on any atom is -0.387 e. The SMILES string of the molecule is C[C@@H]1C[C@@H](O)c2ncnc(N3CCN(C(=O)C(c4ccc(Cl)cc4)C4COCCN4C)CC3)c21. The van der Waals surface area contributed by atoms with Crippen LogP contribution in [0.2, 0.25) is 5.02 Å². The molecule has 1 aromatic carbocycles. The number of likely N-dealkylation sites (N-methyl/N-ethyl adjacent to an activating group) is 1. The average Bonchev–Trinajstić information content (AvgIpc) is 3.15. The summed E-state index contributed by atoms with van der Waals surface area (Å²) in [5.74, 6) is 0.932. The summed E-state index contributed by atoms with van der Waals surface area (Å²) in [5.41, 5.74) is 2.77. The zero-order chi connectivity index (χ0) is 23.8. The summed E-state index contributed by atoms with van der Waals surface area (Å²) in [6, 6.07) is 7.60. The number of benzene rings is 1. The van der Waals surface area contributed by atoms with Gasteiger partial charge in [-0.05, 0) is 37.1 Å². The van der Waals surface area contributed by atoms with Crippen molar-refractivity contribution in [2.24, 2.45) is 0 Å². The molecule has 2 aromatic rings. The number of anilines is 1. The van der Waals surface area contributed by atoms with E-state index in [1.165, 1.54) is 0 Å². The molecule has 3 aliphatic rings. The van der Waals surface area contributed by atoms with Crippen LogP contribution >= 0.6 is 11.6 Å². The molecule has 1 N–H and O–H groups in total. The van der Waals surface area contributed by atoms with Crippen LogP contribution in [0.5, 0.6) is 0 Å². The molecule has 34 heavy (non-hydrogen) atoms. The van der Waals surface area contributed by atoms with Crippen molar-refractivity contribution in [2.45, 2.75) is 37.3 Å². The lowest BCUT2D eigenvalue weighted by Gasteiger charge is -2.42. The molecule has 3 heterocycles. The predicted molar refractivity (Wildman–Crippen MR) is 130 cm³/mol. The number of hydrogen-bond donors (Lipinski definition) is 1. The molecule has 0 radical (unpaired) electrons. The van der Waals surface area contributed by atoms with E-state index in [9.17, 15) is 9.90 Å². The van der Waals surface area contributed by atoms with Gasteiger partial charge in [-0.2, -0.15) is 0 Å². The lowest BCUT2D eigenvalue weighted by molar-refractivity contribution is -0.136. The largest absolute Gasteiger partial charge is 0.387 e. The van der Waals surface area contributed by atoms with E-state index in [0.717, 1.165) is 29.2 Å². The normalized spacial score (nSPS) is 26.4. The van der Waals surface area contributed by atoms with Gasteiger partial charge in [0, 0.05) is 49.4 Å². The number of hydrogen-bond acceptors (Lipinski definition) is 7. The maximum absolute atomic E-state index is 13.9. The van der Waals surface area contributed by atoms with E-state index in [2.05, 4.69) is 33.7 Å². The van der Waals surface area contributed by atoms with Gasteiger partial charge in [0.25, 0.3) is 0 Å². The third kappa shape index (κ3) is 4.40. The lowest BCUT2D eigenvalue weighted by Crippen LogP contribution is -2.55. The Morgan fingerprint density at radius 2 is 1.88 bits per heavy atom. The fraction of sp³-hybridized carbons (Fsp3) is 0.560. The lowest BCUT2D eigenvalue weighted by atomic mass is 9.88. The van der Waals surface area contributed by atoms with Gasteiger partial charge in [-0.15, -0.1) is 0 Å². The van der Waals surface area contributed by atoms with Crippen molar-refractivity contribution >= 4 is 23.3 Å². The van der Waals surface area contributed by atoms with Crippen LogP contribution in [-0.2, 0) is 9.53 Å². The summed E-state index contributed by atoms with van der Waals surface area (Å²) in [6.07, 6.45) is 1.70. The first-order valence-corrected chi connectivity index (χ1v) is 12.4. The quantitative estimate of drug-likeness (QED) is 0.712. The number of morpholine rings is 1. The first kappa shape index (κ1) is 23.5. The van der Waals surface area contributed by atoms with Crippen LogP contribution in [0.15, 0.2) is 30.6 Å². The van der Waals surface area contributed by atoms with E-state index >= 15 is 0 Å². The van der Waals surface area contributed by atoms with Crippen LogP contribution in [0.1, 0.15) is 48.1 Å². The second-order valence-corrected chi connectivity index (χ2v) is 10.0. The summed E-state index contributed by atoms with van der Waals surface area (Å²) < 4.78 is 5.77. The molecule has 0 spiro atoms. The van der Waals surface area contributed by atoms with Gasteiger partial charge in [-0.25, -0.2) is 9.97 Å². The third-order valence-electron chi connectivity index (χ3n) is 7.49. The van der Waals surface area contributed by atoms with Gasteiger partial charge < -0.3 is 19.6 Å². The van der Waals surface area contributed by atoms with E-state index in [1.54, 1.807) is 6.33 Å². The fourth-order valence-corrected chi connectivity index (χ4v) is 5.67. The molecule has 2 saturated heterocycles. The smallest absolute Gasteiger partial charge is 0.231 e. The average molecular weight is 486 g/mol. The summed E-state index contributed by atoms with van der Waals surface area (Å²) in [5, 5.41) is 11.0. The number of halogens is 1. The van der Waals surface area contributed by atoms with Gasteiger partial charge in [0.15, 0.2) is 0 Å². The summed E-state index contributed by atoms with van der Waals surface area (Å²) in [4.78, 5) is 29.2. The Bertz CT molecular complexity index is 1030. The number of piperazine rings is 1. The van der Waals surface area contributed by atoms with E-state index < -0.39 is 6.10 Å². The molecule has 5 rings (SSSR count). The van der Waals surface area contributed by atoms with E-state index in [1.807, 2.05) is 29.2 Å². The van der Waals surface area contributed by atoms with E-state index in [4.69, 9.17) is 16.3 Å². The number of aliphatic hydroxyl groups excluding tert-OH is 1. The van der Waals surface area contributed by atoms with Crippen LogP contribution in [0.3, 0.4) is 0 Å². The van der Waals surface area contributed by atoms with Crippen molar-refractivity contribution < 1.29 is 14.6 Å². The maximum Gasteiger partial charge on any atom is 0.231 e. The van der Waals surface area contributed by atoms with Crippen LogP contribution in [0.4, 0.5) is 5.82 Å². The zero-order valence-corrected chi connectivity index (χ0v) is 20.5. The van der Waals surface area contributed by atoms with Crippen molar-refractivity contribution in [3.05, 3.63) is 52.4 Å². The molecule has 4 atom stereocenters. The molecule has 2 aliphatic heterocycles. The molecule has 0 saturated carbocycles. The van der Waals surface area contributed by atoms with Crippen LogP contribution in [0.25, 0.3) is 0 Å². The summed E-state index contributed by atoms with van der Waals surface area (Å²) in [6.45, 7) is 6.77. The van der Waals surface area contributed by atoms with Crippen molar-refractivity contribution in [3.63, 3.8) is 0 Å². The molecule has 8 nitrogen and oxygen atoms in total. The van der Waals surface area contributed by atoms with Crippen molar-refractivity contribution in [1.29, 1.82) is 0 Å². The summed E-state index contributed by atoms with van der Waals surface area (Å²) in [7, 11) is 2.06. The minimum atomic E-state index is -0.524. The van der Waals surface area contributed by atoms with Crippen LogP contribution in [-0.4, -0.2) is 89.8 Å². The maximum atomic E-state index is 13.9. The van der Waals surface area contributed by atoms with E-state index in [-0.39, 0.29) is 23.8 Å². The summed E-state index contributed by atoms with van der Waals surface area (Å²) >= 11 is 6.13. The zero-order valence-electron chi connectivity index (χ0n) is 19.7. The Kier molecular flexibility index (Phi) is 6.75. The number of aromatic nitrogens is 2. The first-order valence-electron chi connectivity index (χ1n) is 12.0. The Labute approximate surface area is 205 Å². The standard InChI is InChI=1S/C25H32ClN5O3/c1-16-13-20(32)23-21(16)24(28-15-27-23)30-7-9-31(10-8-30)25(33)22(17-3-5-18(26)6-4-17)19-14-34-12-11-29(19)2/h3-6,15-16,19-20,22,32H,7-14H2,1-2H3/t16-,19?,20-,22?/m1/s1. The van der Waals surface area contributed by atoms with Gasteiger partial charge >= 0.3 is 0 Å². The molecule has 0 bridgehead atoms. The van der Waals surface area contributed by atoms with Crippen molar-refractivity contribution in [1.82, 2.24) is 19.8 Å². The van der Waals surface area contributed by atoms with Gasteiger partial charge in [0.1, 0.15) is 12.1 Å². The number of nitrogens with zero attached hydrogens (tertiary/aromatic N) is 5. The van der Waals surface area contributed by atoms with Crippen molar-refractivity contribution in [2.75, 3.05) is 57.9 Å². The van der Waals surface area contributed by atoms with Crippen LogP contribution in [0, 0.1) is 0 Å². The Morgan fingerprint density at radius 3 is 2.59 bits per heavy atom. The van der Waals surface area contributed by atoms with Crippen molar-refractivity contribution in [3.8, 4) is 0 Å². The number of rotatable bonds is 4. The highest BCUT2D eigenvalue weighted by atomic mass is 35.5. The third-order valence-corrected chi connectivity index (χ3v) is 7.74. The molecule has 9 heteroatoms. The second kappa shape index (κ2) is 9.77. The number of aliphatic hydroxyl groups is 1. The minimum absolute atomic E-state index is 0.0204. The highest BCUT2D eigenvalue weighted by Crippen LogP contribution is 2.43. The first-order chi connectivity index (χ1) is 16.4. The molecule has 182 valence electrons. The molecular formula is C25H32ClN5O3. The highest BCUT2D eigenvalue weighted by Gasteiger charge is 2.39. The molecule has 2 fully saturated rings. The monoisotopic (exact) mass is 485 g/mol. The molecular weight excluding hydrogens is 454 g/mol. The van der Waals surface area contributed by atoms with Gasteiger partial charge in [-0.3, -0.25) is 9.69 Å². The van der Waals surface area contributed by atoms with E-state index in [0.29, 0.717) is 50.8 Å². The molecule has 1 aromatic heterocycles. The number of carbonyl (C=O) groups is 1. The molecule has 1 aliphatic carbocycles. The number of ether oxygens (including phenoxy) is 1. The number of fused-ring (bicyclic) bond motifs is 1. The van der Waals surface area contributed by atoms with Gasteiger partial charge in [-0.1, -0.05) is 30.7 Å². The van der Waals surface area contributed by atoms with Gasteiger partial charge in [0.05, 0.1) is 30.9 Å². The van der Waals surface area contributed by atoms with Crippen LogP contribution < -0.4 is 4.90 Å². The second-order valence-electron chi connectivity index (χ2n) is 9.61. The predicted octanol–water partition coefficient (Wildman–Crippen LogP) is 2.43. The van der Waals surface area contributed by atoms with Gasteiger partial charge in [0.2, 0.25) is 5.91 Å². The highest BCUT2D eigenvalue weighted by molar-refractivity contribution is 6.30. The topological polar surface area (TPSA) is 82.0 Å². The molecule has 1 amide bonds. The molecule has 2 unspecified atom stereocenters. The fourth-order valence-electron chi connectivity index (χ4n) is 5.55. The Balaban J connectivity index is 1.34.